The van der Waals surface area contributed by atoms with Gasteiger partial charge in [-0.3, -0.25) is 5.41 Å². The highest BCUT2D eigenvalue weighted by atomic mass is 15.0. The molecule has 0 aliphatic rings. The predicted octanol–water partition coefficient (Wildman–Crippen LogP) is 12.5. The number of nitriles is 1. The first-order valence-electron chi connectivity index (χ1n) is 18.0. The van der Waals surface area contributed by atoms with E-state index in [2.05, 4.69) is 108 Å². The van der Waals surface area contributed by atoms with Gasteiger partial charge in [-0.25, -0.2) is 0 Å². The fraction of sp³-hybridized carbons (Fsp3) is 0. The maximum absolute atomic E-state index is 9.87. The van der Waals surface area contributed by atoms with Crippen molar-refractivity contribution in [2.75, 3.05) is 5.73 Å². The first-order chi connectivity index (χ1) is 26.6. The second-order valence-electron chi connectivity index (χ2n) is 13.4. The van der Waals surface area contributed by atoms with Crippen molar-refractivity contribution in [2.24, 2.45) is 0 Å². The highest BCUT2D eigenvalue weighted by Gasteiger charge is 2.17. The van der Waals surface area contributed by atoms with E-state index in [9.17, 15) is 5.26 Å². The summed E-state index contributed by atoms with van der Waals surface area (Å²) in [4.78, 5) is 0. The standard InChI is InChI=1S/C32H21N3.C18H13N/c33-21-22-18-24(32(34)29-15-5-4-12-26(29)23-10-2-1-3-11-23)20-25(19-22)35-30-16-8-6-13-27(30)28-14-7-9-17-31(28)35;19-12-9-10-17-15-7-2-1-5-13(15)14-6-3-4-8-16(14)18(17)11-12/h1-20,34H;1-11H,19H2. The molecule has 54 heavy (non-hydrogen) atoms. The van der Waals surface area contributed by atoms with Crippen LogP contribution < -0.4 is 5.73 Å². The summed E-state index contributed by atoms with van der Waals surface area (Å²) in [5, 5.41) is 29.0. The number of nitrogens with two attached hydrogens (primary N) is 1. The van der Waals surface area contributed by atoms with Gasteiger partial charge in [0, 0.05) is 33.3 Å². The monoisotopic (exact) mass is 690 g/mol. The molecule has 0 saturated carbocycles. The molecule has 1 heterocycles. The number of aromatic nitrogens is 1. The summed E-state index contributed by atoms with van der Waals surface area (Å²) in [6, 6.07) is 66.0. The number of nitrogens with one attached hydrogen (secondary N) is 1. The van der Waals surface area contributed by atoms with Gasteiger partial charge in [-0.2, -0.15) is 5.26 Å². The molecule has 0 radical (unpaired) electrons. The molecule has 0 unspecified atom stereocenters. The molecule has 0 aliphatic carbocycles. The summed E-state index contributed by atoms with van der Waals surface area (Å²) < 4.78 is 2.19. The molecule has 0 fully saturated rings. The van der Waals surface area contributed by atoms with E-state index in [1.807, 2.05) is 91.0 Å². The Hall–Kier alpha value is -7.48. The van der Waals surface area contributed by atoms with Crippen LogP contribution in [0.15, 0.2) is 188 Å². The second kappa shape index (κ2) is 13.6. The van der Waals surface area contributed by atoms with Gasteiger partial charge in [0.2, 0.25) is 0 Å². The van der Waals surface area contributed by atoms with E-state index in [1.54, 1.807) is 0 Å². The predicted molar refractivity (Wildman–Crippen MR) is 227 cm³/mol. The average molecular weight is 691 g/mol. The van der Waals surface area contributed by atoms with Gasteiger partial charge in [0.05, 0.1) is 28.4 Å². The number of nitrogens with zero attached hydrogens (tertiary/aromatic N) is 2. The van der Waals surface area contributed by atoms with Gasteiger partial charge in [-0.15, -0.1) is 0 Å². The van der Waals surface area contributed by atoms with Crippen molar-refractivity contribution in [3.63, 3.8) is 0 Å². The van der Waals surface area contributed by atoms with Crippen molar-refractivity contribution in [3.05, 3.63) is 205 Å². The number of fused-ring (bicyclic) bond motifs is 9. The van der Waals surface area contributed by atoms with Crippen LogP contribution >= 0.6 is 0 Å². The van der Waals surface area contributed by atoms with E-state index in [-0.39, 0.29) is 0 Å². The molecule has 1 aromatic heterocycles. The summed E-state index contributed by atoms with van der Waals surface area (Å²) in [6.07, 6.45) is 0. The van der Waals surface area contributed by atoms with Gasteiger partial charge in [0.25, 0.3) is 0 Å². The summed E-state index contributed by atoms with van der Waals surface area (Å²) in [5.74, 6) is 0. The Balaban J connectivity index is 0.000000169. The fourth-order valence-corrected chi connectivity index (χ4v) is 7.80. The van der Waals surface area contributed by atoms with Gasteiger partial charge >= 0.3 is 0 Å². The van der Waals surface area contributed by atoms with Gasteiger partial charge < -0.3 is 10.3 Å². The van der Waals surface area contributed by atoms with E-state index in [1.165, 1.54) is 32.3 Å². The lowest BCUT2D eigenvalue weighted by Gasteiger charge is -2.14. The maximum Gasteiger partial charge on any atom is 0.0992 e. The number of rotatable bonds is 4. The lowest BCUT2D eigenvalue weighted by atomic mass is 9.92. The molecule has 0 aliphatic heterocycles. The zero-order chi connectivity index (χ0) is 36.6. The molecule has 0 atom stereocenters. The maximum atomic E-state index is 9.87. The Morgan fingerprint density at radius 1 is 0.481 bits per heavy atom. The molecular formula is C50H34N4. The molecular weight excluding hydrogens is 657 g/mol. The third kappa shape index (κ3) is 5.62. The summed E-state index contributed by atoms with van der Waals surface area (Å²) in [7, 11) is 0. The lowest BCUT2D eigenvalue weighted by Crippen LogP contribution is -2.06. The van der Waals surface area contributed by atoms with Crippen LogP contribution in [0.25, 0.3) is 70.9 Å². The highest BCUT2D eigenvalue weighted by molar-refractivity contribution is 6.25. The van der Waals surface area contributed by atoms with Gasteiger partial charge in [0.1, 0.15) is 0 Å². The van der Waals surface area contributed by atoms with Gasteiger partial charge in [0.15, 0.2) is 0 Å². The number of anilines is 1. The molecule has 4 nitrogen and oxygen atoms in total. The SMILES string of the molecule is N#Cc1cc(C(=N)c2ccccc2-c2ccccc2)cc(-n2c3ccccc3c3ccccc32)c1.Nc1ccc2c3ccccc3c3ccccc3c2c1. The van der Waals surface area contributed by atoms with Crippen molar-refractivity contribution in [2.45, 2.75) is 0 Å². The minimum atomic E-state index is 0.392. The van der Waals surface area contributed by atoms with E-state index in [0.717, 1.165) is 49.9 Å². The van der Waals surface area contributed by atoms with Crippen LogP contribution in [0.5, 0.6) is 0 Å². The molecule has 0 amide bonds. The number of nitrogen functional groups attached to an aromatic ring is 1. The molecule has 4 heteroatoms. The van der Waals surface area contributed by atoms with E-state index < -0.39 is 0 Å². The topological polar surface area (TPSA) is 78.6 Å². The van der Waals surface area contributed by atoms with Crippen molar-refractivity contribution < 1.29 is 0 Å². The largest absolute Gasteiger partial charge is 0.399 e. The Labute approximate surface area is 313 Å². The Morgan fingerprint density at radius 2 is 0.981 bits per heavy atom. The van der Waals surface area contributed by atoms with E-state index >= 15 is 0 Å². The third-order valence-corrected chi connectivity index (χ3v) is 10.2. The first-order valence-corrected chi connectivity index (χ1v) is 18.0. The molecule has 3 N–H and O–H groups in total. The Bertz CT molecular complexity index is 3000. The second-order valence-corrected chi connectivity index (χ2v) is 13.4. The molecule has 0 saturated heterocycles. The van der Waals surface area contributed by atoms with Crippen LogP contribution in [-0.4, -0.2) is 10.3 Å². The molecule has 9 aromatic carbocycles. The first kappa shape index (κ1) is 32.4. The van der Waals surface area contributed by atoms with Crippen LogP contribution in [-0.2, 0) is 0 Å². The number of hydrogen-bond donors (Lipinski definition) is 2. The molecule has 10 aromatic rings. The Morgan fingerprint density at radius 3 is 1.59 bits per heavy atom. The van der Waals surface area contributed by atoms with E-state index in [4.69, 9.17) is 11.1 Å². The average Bonchev–Trinajstić information content (AvgIpc) is 3.58. The number of hydrogen-bond acceptors (Lipinski definition) is 3. The van der Waals surface area contributed by atoms with Crippen molar-refractivity contribution in [3.8, 4) is 22.9 Å². The van der Waals surface area contributed by atoms with Gasteiger partial charge in [-0.05, 0) is 85.9 Å². The number of benzene rings is 9. The number of para-hydroxylation sites is 2. The summed E-state index contributed by atoms with van der Waals surface area (Å²) in [6.45, 7) is 0. The summed E-state index contributed by atoms with van der Waals surface area (Å²) >= 11 is 0. The van der Waals surface area contributed by atoms with Crippen molar-refractivity contribution >= 4 is 65.5 Å². The minimum Gasteiger partial charge on any atom is -0.399 e. The van der Waals surface area contributed by atoms with Gasteiger partial charge in [-0.1, -0.05) is 146 Å². The smallest absolute Gasteiger partial charge is 0.0992 e. The quantitative estimate of drug-likeness (QED) is 0.109. The van der Waals surface area contributed by atoms with Crippen LogP contribution in [0.2, 0.25) is 0 Å². The summed E-state index contributed by atoms with van der Waals surface area (Å²) in [5.41, 5.74) is 14.3. The normalized spacial score (nSPS) is 11.1. The fourth-order valence-electron chi connectivity index (χ4n) is 7.80. The molecule has 0 bridgehead atoms. The van der Waals surface area contributed by atoms with Crippen LogP contribution in [0.1, 0.15) is 16.7 Å². The molecule has 0 spiro atoms. The minimum absolute atomic E-state index is 0.392. The zero-order valence-electron chi connectivity index (χ0n) is 29.4. The van der Waals surface area contributed by atoms with Crippen LogP contribution in [0.3, 0.4) is 0 Å². The molecule has 254 valence electrons. The zero-order valence-corrected chi connectivity index (χ0v) is 29.4. The van der Waals surface area contributed by atoms with Crippen molar-refractivity contribution in [1.29, 1.82) is 10.7 Å². The van der Waals surface area contributed by atoms with Crippen LogP contribution in [0, 0.1) is 16.7 Å². The Kier molecular flexibility index (Phi) is 8.15. The lowest BCUT2D eigenvalue weighted by molar-refractivity contribution is 1.17. The third-order valence-electron chi connectivity index (χ3n) is 10.2. The van der Waals surface area contributed by atoms with Crippen LogP contribution in [0.4, 0.5) is 5.69 Å². The van der Waals surface area contributed by atoms with E-state index in [0.29, 0.717) is 16.8 Å². The highest BCUT2D eigenvalue weighted by Crippen LogP contribution is 2.36. The molecule has 10 rings (SSSR count). The van der Waals surface area contributed by atoms with Crippen molar-refractivity contribution in [1.82, 2.24) is 4.57 Å².